The molecule has 3 heterocycles. The molecule has 1 aromatic rings. The third-order valence-electron chi connectivity index (χ3n) is 3.56. The molecule has 2 aliphatic heterocycles. The van der Waals surface area contributed by atoms with Crippen molar-refractivity contribution in [2.45, 2.75) is 31.3 Å². The third kappa shape index (κ3) is 1.96. The van der Waals surface area contributed by atoms with Crippen LogP contribution < -0.4 is 10.2 Å². The summed E-state index contributed by atoms with van der Waals surface area (Å²) in [6.07, 6.45) is 5.77. The molecule has 2 unspecified atom stereocenters. The fraction of sp³-hybridized carbons (Fsp3) is 0.583. The van der Waals surface area contributed by atoms with Gasteiger partial charge in [0.1, 0.15) is 5.82 Å². The topological polar surface area (TPSA) is 28.2 Å². The van der Waals surface area contributed by atoms with Crippen molar-refractivity contribution in [3.05, 3.63) is 22.8 Å². The predicted molar refractivity (Wildman–Crippen MR) is 68.7 cm³/mol. The Hall–Kier alpha value is -0.610. The minimum atomic E-state index is 0.654. The number of aromatic nitrogens is 1. The molecule has 0 aromatic carbocycles. The summed E-state index contributed by atoms with van der Waals surface area (Å²) in [5.74, 6) is 1.09. The normalized spacial score (nSPS) is 29.2. The van der Waals surface area contributed by atoms with Gasteiger partial charge in [-0.2, -0.15) is 0 Å². The van der Waals surface area contributed by atoms with E-state index >= 15 is 0 Å². The third-order valence-corrected chi connectivity index (χ3v) is 4.18. The van der Waals surface area contributed by atoms with Gasteiger partial charge in [0.05, 0.1) is 4.47 Å². The molecule has 1 N–H and O–H groups in total. The number of rotatable bonds is 1. The van der Waals surface area contributed by atoms with Gasteiger partial charge in [0.15, 0.2) is 0 Å². The highest BCUT2D eigenvalue weighted by molar-refractivity contribution is 9.10. The number of halogens is 1. The number of nitrogens with one attached hydrogen (secondary N) is 1. The van der Waals surface area contributed by atoms with Crippen LogP contribution in [0.2, 0.25) is 0 Å². The summed E-state index contributed by atoms with van der Waals surface area (Å²) >= 11 is 3.59. The highest BCUT2D eigenvalue weighted by Gasteiger charge is 2.30. The van der Waals surface area contributed by atoms with Crippen LogP contribution in [0.3, 0.4) is 0 Å². The van der Waals surface area contributed by atoms with E-state index in [-0.39, 0.29) is 0 Å². The molecule has 0 radical (unpaired) electrons. The second-order valence-corrected chi connectivity index (χ2v) is 5.54. The Balaban J connectivity index is 1.82. The lowest BCUT2D eigenvalue weighted by atomic mass is 10.1. The van der Waals surface area contributed by atoms with Gasteiger partial charge in [0.2, 0.25) is 0 Å². The van der Waals surface area contributed by atoms with Gasteiger partial charge < -0.3 is 10.2 Å². The van der Waals surface area contributed by atoms with Gasteiger partial charge in [0, 0.05) is 31.4 Å². The van der Waals surface area contributed by atoms with Crippen LogP contribution in [0, 0.1) is 0 Å². The second-order valence-electron chi connectivity index (χ2n) is 4.68. The number of fused-ring (bicyclic) bond motifs is 2. The lowest BCUT2D eigenvalue weighted by molar-refractivity contribution is 0.563. The van der Waals surface area contributed by atoms with Gasteiger partial charge in [-0.3, -0.25) is 0 Å². The first kappa shape index (κ1) is 10.5. The summed E-state index contributed by atoms with van der Waals surface area (Å²) in [6, 6.07) is 5.42. The highest BCUT2D eigenvalue weighted by atomic mass is 79.9. The Morgan fingerprint density at radius 1 is 1.31 bits per heavy atom. The quantitative estimate of drug-likeness (QED) is 0.855. The summed E-state index contributed by atoms with van der Waals surface area (Å²) in [7, 11) is 0. The second kappa shape index (κ2) is 4.34. The maximum absolute atomic E-state index is 4.48. The predicted octanol–water partition coefficient (Wildman–Crippen LogP) is 2.17. The van der Waals surface area contributed by atoms with Crippen molar-refractivity contribution < 1.29 is 0 Å². The fourth-order valence-electron chi connectivity index (χ4n) is 2.75. The smallest absolute Gasteiger partial charge is 0.142 e. The van der Waals surface area contributed by atoms with E-state index in [1.54, 1.807) is 0 Å². The Kier molecular flexibility index (Phi) is 2.86. The van der Waals surface area contributed by atoms with Crippen LogP contribution in [0.25, 0.3) is 0 Å². The van der Waals surface area contributed by atoms with Crippen LogP contribution in [-0.2, 0) is 0 Å². The minimum Gasteiger partial charge on any atom is -0.354 e. The molecule has 2 fully saturated rings. The Bertz CT molecular complexity index is 382. The summed E-state index contributed by atoms with van der Waals surface area (Å²) in [6.45, 7) is 2.20. The number of pyridine rings is 1. The van der Waals surface area contributed by atoms with Crippen molar-refractivity contribution in [2.24, 2.45) is 0 Å². The largest absolute Gasteiger partial charge is 0.354 e. The van der Waals surface area contributed by atoms with Crippen LogP contribution in [0.4, 0.5) is 5.82 Å². The standard InChI is InChI=1S/C12H16BrN3/c13-11-2-1-6-14-12(11)16-7-5-9-3-4-10(8-16)15-9/h1-2,6,9-10,15H,3-5,7-8H2. The number of hydrogen-bond donors (Lipinski definition) is 1. The van der Waals surface area contributed by atoms with E-state index in [4.69, 9.17) is 0 Å². The highest BCUT2D eigenvalue weighted by Crippen LogP contribution is 2.27. The molecule has 2 atom stereocenters. The van der Waals surface area contributed by atoms with Crippen molar-refractivity contribution in [1.82, 2.24) is 10.3 Å². The van der Waals surface area contributed by atoms with Crippen LogP contribution in [0.1, 0.15) is 19.3 Å². The molecule has 0 saturated carbocycles. The zero-order chi connectivity index (χ0) is 11.0. The summed E-state index contributed by atoms with van der Waals surface area (Å²) in [4.78, 5) is 6.88. The fourth-order valence-corrected chi connectivity index (χ4v) is 3.25. The Morgan fingerprint density at radius 3 is 3.06 bits per heavy atom. The van der Waals surface area contributed by atoms with E-state index in [9.17, 15) is 0 Å². The van der Waals surface area contributed by atoms with Crippen molar-refractivity contribution >= 4 is 21.7 Å². The van der Waals surface area contributed by atoms with Crippen molar-refractivity contribution in [2.75, 3.05) is 18.0 Å². The molecule has 2 aliphatic rings. The molecule has 1 aromatic heterocycles. The number of anilines is 1. The first-order valence-electron chi connectivity index (χ1n) is 5.94. The van der Waals surface area contributed by atoms with Crippen LogP contribution in [0.15, 0.2) is 22.8 Å². The molecule has 2 saturated heterocycles. The first-order valence-corrected chi connectivity index (χ1v) is 6.74. The summed E-state index contributed by atoms with van der Waals surface area (Å²) in [5, 5.41) is 3.69. The van der Waals surface area contributed by atoms with Gasteiger partial charge >= 0.3 is 0 Å². The minimum absolute atomic E-state index is 0.654. The zero-order valence-electron chi connectivity index (χ0n) is 9.19. The molecule has 3 rings (SSSR count). The van der Waals surface area contributed by atoms with E-state index in [1.165, 1.54) is 19.3 Å². The SMILES string of the molecule is Brc1cccnc1N1CCC2CCC(C1)N2. The lowest BCUT2D eigenvalue weighted by Gasteiger charge is -2.26. The number of hydrogen-bond acceptors (Lipinski definition) is 3. The van der Waals surface area contributed by atoms with Crippen molar-refractivity contribution in [3.63, 3.8) is 0 Å². The monoisotopic (exact) mass is 281 g/mol. The molecule has 0 amide bonds. The molecule has 4 heteroatoms. The van der Waals surface area contributed by atoms with Crippen LogP contribution in [0.5, 0.6) is 0 Å². The van der Waals surface area contributed by atoms with Crippen LogP contribution >= 0.6 is 15.9 Å². The van der Waals surface area contributed by atoms with Gasteiger partial charge in [-0.25, -0.2) is 4.98 Å². The average Bonchev–Trinajstić information content (AvgIpc) is 2.60. The van der Waals surface area contributed by atoms with E-state index in [2.05, 4.69) is 37.2 Å². The maximum atomic E-state index is 4.48. The van der Waals surface area contributed by atoms with Gasteiger partial charge in [-0.15, -0.1) is 0 Å². The zero-order valence-corrected chi connectivity index (χ0v) is 10.8. The van der Waals surface area contributed by atoms with E-state index in [0.717, 1.165) is 29.4 Å². The lowest BCUT2D eigenvalue weighted by Crippen LogP contribution is -2.35. The molecule has 3 nitrogen and oxygen atoms in total. The summed E-state index contributed by atoms with van der Waals surface area (Å²) < 4.78 is 1.10. The van der Waals surface area contributed by atoms with E-state index in [1.807, 2.05) is 12.3 Å². The Labute approximate surface area is 104 Å². The number of nitrogens with zero attached hydrogens (tertiary/aromatic N) is 2. The van der Waals surface area contributed by atoms with Crippen LogP contribution in [-0.4, -0.2) is 30.2 Å². The first-order chi connectivity index (χ1) is 7.83. The molecule has 0 aliphatic carbocycles. The van der Waals surface area contributed by atoms with Gasteiger partial charge in [-0.1, -0.05) is 0 Å². The summed E-state index contributed by atoms with van der Waals surface area (Å²) in [5.41, 5.74) is 0. The molecule has 86 valence electrons. The van der Waals surface area contributed by atoms with Gasteiger partial charge in [0.25, 0.3) is 0 Å². The van der Waals surface area contributed by atoms with Crippen molar-refractivity contribution in [1.29, 1.82) is 0 Å². The molecule has 2 bridgehead atoms. The van der Waals surface area contributed by atoms with Gasteiger partial charge in [-0.05, 0) is 47.3 Å². The van der Waals surface area contributed by atoms with E-state index < -0.39 is 0 Å². The van der Waals surface area contributed by atoms with E-state index in [0.29, 0.717) is 6.04 Å². The Morgan fingerprint density at radius 2 is 2.19 bits per heavy atom. The molecule has 0 spiro atoms. The molecular formula is C12H16BrN3. The average molecular weight is 282 g/mol. The maximum Gasteiger partial charge on any atom is 0.142 e. The molecular weight excluding hydrogens is 266 g/mol. The van der Waals surface area contributed by atoms with Crippen molar-refractivity contribution in [3.8, 4) is 0 Å². The molecule has 16 heavy (non-hydrogen) atoms.